The van der Waals surface area contributed by atoms with E-state index in [0.29, 0.717) is 11.4 Å². The van der Waals surface area contributed by atoms with Crippen LogP contribution in [0, 0.1) is 6.92 Å². The monoisotopic (exact) mass is 305 g/mol. The predicted octanol–water partition coefficient (Wildman–Crippen LogP) is 2.99. The van der Waals surface area contributed by atoms with Gasteiger partial charge in [-0.3, -0.25) is 4.79 Å². The van der Waals surface area contributed by atoms with Crippen LogP contribution >= 0.6 is 15.9 Å². The van der Waals surface area contributed by atoms with Crippen molar-refractivity contribution in [1.29, 1.82) is 0 Å². The minimum atomic E-state index is -0.316. The van der Waals surface area contributed by atoms with Crippen molar-refractivity contribution in [2.24, 2.45) is 0 Å². The van der Waals surface area contributed by atoms with E-state index in [9.17, 15) is 4.79 Å². The molecule has 5 heteroatoms. The van der Waals surface area contributed by atoms with E-state index in [0.717, 1.165) is 10.0 Å². The summed E-state index contributed by atoms with van der Waals surface area (Å²) in [5, 5.41) is 2.76. The molecule has 0 aliphatic heterocycles. The molecule has 3 N–H and O–H groups in total. The number of anilines is 2. The van der Waals surface area contributed by atoms with Crippen LogP contribution in [-0.4, -0.2) is 10.9 Å². The zero-order valence-corrected chi connectivity index (χ0v) is 11.4. The maximum absolute atomic E-state index is 12.0. The van der Waals surface area contributed by atoms with Gasteiger partial charge in [0.05, 0.1) is 5.69 Å². The molecule has 1 amide bonds. The van der Waals surface area contributed by atoms with Gasteiger partial charge in [-0.25, -0.2) is 4.98 Å². The summed E-state index contributed by atoms with van der Waals surface area (Å²) in [4.78, 5) is 15.9. The number of carbonyl (C=O) groups is 1. The molecule has 0 aliphatic rings. The number of benzene rings is 1. The number of hydrogen-bond acceptors (Lipinski definition) is 3. The number of halogens is 1. The van der Waals surface area contributed by atoms with Crippen molar-refractivity contribution < 1.29 is 4.79 Å². The standard InChI is InChI=1S/C13H12BrN3O/c1-8-4-5-9(7-10(8)14)17-13(18)12-11(15)3-2-6-16-12/h2-7H,15H2,1H3,(H,17,18). The summed E-state index contributed by atoms with van der Waals surface area (Å²) in [7, 11) is 0. The molecular weight excluding hydrogens is 294 g/mol. The maximum Gasteiger partial charge on any atom is 0.276 e. The van der Waals surface area contributed by atoms with Crippen molar-refractivity contribution in [2.45, 2.75) is 6.92 Å². The Morgan fingerprint density at radius 2 is 2.17 bits per heavy atom. The fourth-order valence-corrected chi connectivity index (χ4v) is 1.85. The minimum Gasteiger partial charge on any atom is -0.397 e. The van der Waals surface area contributed by atoms with Crippen molar-refractivity contribution in [3.8, 4) is 0 Å². The highest BCUT2D eigenvalue weighted by Crippen LogP contribution is 2.21. The molecule has 18 heavy (non-hydrogen) atoms. The number of aryl methyl sites for hydroxylation is 1. The van der Waals surface area contributed by atoms with E-state index in [-0.39, 0.29) is 11.6 Å². The lowest BCUT2D eigenvalue weighted by Crippen LogP contribution is -2.15. The van der Waals surface area contributed by atoms with Gasteiger partial charge in [0.1, 0.15) is 0 Å². The molecule has 1 aromatic carbocycles. The Balaban J connectivity index is 2.22. The van der Waals surface area contributed by atoms with E-state index >= 15 is 0 Å². The molecular formula is C13H12BrN3O. The fourth-order valence-electron chi connectivity index (χ4n) is 1.47. The van der Waals surface area contributed by atoms with Gasteiger partial charge in [0.2, 0.25) is 0 Å². The van der Waals surface area contributed by atoms with Gasteiger partial charge in [-0.15, -0.1) is 0 Å². The molecule has 0 saturated carbocycles. The second kappa shape index (κ2) is 5.18. The Bertz CT molecular complexity index is 599. The van der Waals surface area contributed by atoms with Crippen molar-refractivity contribution in [3.63, 3.8) is 0 Å². The first kappa shape index (κ1) is 12.6. The third-order valence-electron chi connectivity index (χ3n) is 2.48. The number of rotatable bonds is 2. The van der Waals surface area contributed by atoms with Crippen molar-refractivity contribution in [2.75, 3.05) is 11.1 Å². The summed E-state index contributed by atoms with van der Waals surface area (Å²) in [6, 6.07) is 8.92. The number of nitrogen functional groups attached to an aromatic ring is 1. The highest BCUT2D eigenvalue weighted by molar-refractivity contribution is 9.10. The van der Waals surface area contributed by atoms with Crippen LogP contribution in [0.15, 0.2) is 41.0 Å². The number of nitrogens with one attached hydrogen (secondary N) is 1. The van der Waals surface area contributed by atoms with Crippen LogP contribution in [0.25, 0.3) is 0 Å². The lowest BCUT2D eigenvalue weighted by Gasteiger charge is -2.07. The largest absolute Gasteiger partial charge is 0.397 e. The van der Waals surface area contributed by atoms with Gasteiger partial charge >= 0.3 is 0 Å². The van der Waals surface area contributed by atoms with Crippen LogP contribution in [0.5, 0.6) is 0 Å². The lowest BCUT2D eigenvalue weighted by atomic mass is 10.2. The summed E-state index contributed by atoms with van der Waals surface area (Å²) in [6.45, 7) is 1.98. The van der Waals surface area contributed by atoms with E-state index in [1.54, 1.807) is 12.1 Å². The van der Waals surface area contributed by atoms with Crippen LogP contribution < -0.4 is 11.1 Å². The van der Waals surface area contributed by atoms with E-state index in [1.165, 1.54) is 6.20 Å². The van der Waals surface area contributed by atoms with Crippen molar-refractivity contribution in [3.05, 3.63) is 52.3 Å². The van der Waals surface area contributed by atoms with Gasteiger partial charge in [-0.2, -0.15) is 0 Å². The lowest BCUT2D eigenvalue weighted by molar-refractivity contribution is 0.102. The van der Waals surface area contributed by atoms with Gasteiger partial charge in [0, 0.05) is 16.4 Å². The number of pyridine rings is 1. The molecule has 2 rings (SSSR count). The fraction of sp³-hybridized carbons (Fsp3) is 0.0769. The van der Waals surface area contributed by atoms with Crippen LogP contribution in [0.2, 0.25) is 0 Å². The van der Waals surface area contributed by atoms with Crippen molar-refractivity contribution in [1.82, 2.24) is 4.98 Å². The van der Waals surface area contributed by atoms with Crippen LogP contribution in [0.3, 0.4) is 0 Å². The second-order valence-corrected chi connectivity index (χ2v) is 4.71. The first-order valence-electron chi connectivity index (χ1n) is 5.36. The highest BCUT2D eigenvalue weighted by Gasteiger charge is 2.11. The van der Waals surface area contributed by atoms with Gasteiger partial charge in [0.25, 0.3) is 5.91 Å². The maximum atomic E-state index is 12.0. The topological polar surface area (TPSA) is 68.0 Å². The SMILES string of the molecule is Cc1ccc(NC(=O)c2ncccc2N)cc1Br. The molecule has 0 fully saturated rings. The molecule has 2 aromatic rings. The van der Waals surface area contributed by atoms with E-state index in [2.05, 4.69) is 26.2 Å². The van der Waals surface area contributed by atoms with Gasteiger partial charge < -0.3 is 11.1 Å². The number of aromatic nitrogens is 1. The van der Waals surface area contributed by atoms with Gasteiger partial charge in [-0.05, 0) is 36.8 Å². The van der Waals surface area contributed by atoms with Gasteiger partial charge in [-0.1, -0.05) is 22.0 Å². The number of nitrogens with zero attached hydrogens (tertiary/aromatic N) is 1. The van der Waals surface area contributed by atoms with Crippen LogP contribution in [-0.2, 0) is 0 Å². The Morgan fingerprint density at radius 3 is 2.83 bits per heavy atom. The average Bonchev–Trinajstić information content (AvgIpc) is 2.34. The molecule has 0 bridgehead atoms. The quantitative estimate of drug-likeness (QED) is 0.896. The molecule has 0 spiro atoms. The summed E-state index contributed by atoms with van der Waals surface area (Å²) in [5.74, 6) is -0.316. The summed E-state index contributed by atoms with van der Waals surface area (Å²) in [6.07, 6.45) is 1.54. The Labute approximate surface area is 113 Å². The molecule has 4 nitrogen and oxygen atoms in total. The van der Waals surface area contributed by atoms with Gasteiger partial charge in [0.15, 0.2) is 5.69 Å². The smallest absolute Gasteiger partial charge is 0.276 e. The minimum absolute atomic E-state index is 0.231. The Kier molecular flexibility index (Phi) is 3.62. The third-order valence-corrected chi connectivity index (χ3v) is 3.34. The molecule has 1 heterocycles. The van der Waals surface area contributed by atoms with Crippen molar-refractivity contribution >= 4 is 33.2 Å². The number of nitrogens with two attached hydrogens (primary N) is 1. The van der Waals surface area contributed by atoms with Crippen LogP contribution in [0.1, 0.15) is 16.1 Å². The predicted molar refractivity (Wildman–Crippen MR) is 75.5 cm³/mol. The Hall–Kier alpha value is -1.88. The normalized spacial score (nSPS) is 10.1. The first-order valence-corrected chi connectivity index (χ1v) is 6.15. The summed E-state index contributed by atoms with van der Waals surface area (Å²) < 4.78 is 0.939. The summed E-state index contributed by atoms with van der Waals surface area (Å²) >= 11 is 3.42. The molecule has 92 valence electrons. The first-order chi connectivity index (χ1) is 8.58. The number of hydrogen-bond donors (Lipinski definition) is 2. The zero-order valence-electron chi connectivity index (χ0n) is 9.77. The number of carbonyl (C=O) groups excluding carboxylic acids is 1. The number of amides is 1. The molecule has 0 aliphatic carbocycles. The van der Waals surface area contributed by atoms with E-state index < -0.39 is 0 Å². The highest BCUT2D eigenvalue weighted by atomic mass is 79.9. The Morgan fingerprint density at radius 1 is 1.39 bits per heavy atom. The van der Waals surface area contributed by atoms with E-state index in [1.807, 2.05) is 25.1 Å². The van der Waals surface area contributed by atoms with Crippen LogP contribution in [0.4, 0.5) is 11.4 Å². The molecule has 1 aromatic heterocycles. The summed E-state index contributed by atoms with van der Waals surface area (Å²) in [5.41, 5.74) is 8.09. The molecule has 0 unspecified atom stereocenters. The average molecular weight is 306 g/mol. The zero-order chi connectivity index (χ0) is 13.1. The third kappa shape index (κ3) is 2.68. The van der Waals surface area contributed by atoms with E-state index in [4.69, 9.17) is 5.73 Å². The second-order valence-electron chi connectivity index (χ2n) is 3.86. The molecule has 0 atom stereocenters. The molecule has 0 radical (unpaired) electrons. The molecule has 0 saturated heterocycles.